The fraction of sp³-hybridized carbons (Fsp3) is 0.333. The van der Waals surface area contributed by atoms with Gasteiger partial charge in [0.1, 0.15) is 11.3 Å². The molecule has 2 saturated heterocycles. The number of hydrogen-bond donors (Lipinski definition) is 1. The first-order valence-corrected chi connectivity index (χ1v) is 9.72. The van der Waals surface area contributed by atoms with Crippen LogP contribution in [-0.4, -0.2) is 63.4 Å². The monoisotopic (exact) mass is 391 g/mol. The first-order chi connectivity index (χ1) is 14.2. The first-order valence-electron chi connectivity index (χ1n) is 9.72. The maximum absolute atomic E-state index is 13.0. The number of likely N-dealkylation sites (tertiary alicyclic amines) is 1. The fourth-order valence-corrected chi connectivity index (χ4v) is 4.25. The van der Waals surface area contributed by atoms with Gasteiger partial charge in [-0.3, -0.25) is 19.0 Å². The SMILES string of the molecule is O=C(NC[C@H]1CO[C@@H]2CN(C(=O)c3cnc4ccccn34)C[C@H]12)c1cccnc1. The number of ether oxygens (including phenoxy) is 1. The van der Waals surface area contributed by atoms with Gasteiger partial charge in [-0.05, 0) is 24.3 Å². The Morgan fingerprint density at radius 3 is 2.97 bits per heavy atom. The molecule has 0 spiro atoms. The number of hydrogen-bond acceptors (Lipinski definition) is 5. The van der Waals surface area contributed by atoms with E-state index in [1.165, 1.54) is 0 Å². The molecule has 0 unspecified atom stereocenters. The summed E-state index contributed by atoms with van der Waals surface area (Å²) in [4.78, 5) is 35.4. The van der Waals surface area contributed by atoms with Crippen molar-refractivity contribution in [3.05, 3.63) is 66.4 Å². The molecular formula is C21H21N5O3. The Morgan fingerprint density at radius 1 is 1.17 bits per heavy atom. The highest BCUT2D eigenvalue weighted by Gasteiger charge is 2.45. The summed E-state index contributed by atoms with van der Waals surface area (Å²) < 4.78 is 7.74. The Bertz CT molecular complexity index is 1050. The van der Waals surface area contributed by atoms with Gasteiger partial charge < -0.3 is 15.0 Å². The maximum Gasteiger partial charge on any atom is 0.272 e. The summed E-state index contributed by atoms with van der Waals surface area (Å²) in [5, 5.41) is 2.97. The number of carbonyl (C=O) groups is 2. The van der Waals surface area contributed by atoms with E-state index < -0.39 is 0 Å². The number of aromatic nitrogens is 3. The van der Waals surface area contributed by atoms with E-state index in [2.05, 4.69) is 15.3 Å². The summed E-state index contributed by atoms with van der Waals surface area (Å²) in [7, 11) is 0. The summed E-state index contributed by atoms with van der Waals surface area (Å²) >= 11 is 0. The van der Waals surface area contributed by atoms with Crippen molar-refractivity contribution in [2.75, 3.05) is 26.2 Å². The van der Waals surface area contributed by atoms with Crippen LogP contribution in [0.4, 0.5) is 0 Å². The van der Waals surface area contributed by atoms with E-state index in [1.807, 2.05) is 33.7 Å². The van der Waals surface area contributed by atoms with Gasteiger partial charge >= 0.3 is 0 Å². The minimum Gasteiger partial charge on any atom is -0.376 e. The second-order valence-corrected chi connectivity index (χ2v) is 7.53. The lowest BCUT2D eigenvalue weighted by Gasteiger charge is -2.20. The number of imidazole rings is 1. The molecule has 2 amide bonds. The fourth-order valence-electron chi connectivity index (χ4n) is 4.25. The average Bonchev–Trinajstić information content (AvgIpc) is 3.46. The van der Waals surface area contributed by atoms with Gasteiger partial charge in [-0.15, -0.1) is 0 Å². The lowest BCUT2D eigenvalue weighted by atomic mass is 9.93. The predicted molar refractivity (Wildman–Crippen MR) is 104 cm³/mol. The molecule has 0 aromatic carbocycles. The summed E-state index contributed by atoms with van der Waals surface area (Å²) in [6.07, 6.45) is 6.67. The average molecular weight is 391 g/mol. The summed E-state index contributed by atoms with van der Waals surface area (Å²) in [5.41, 5.74) is 1.85. The van der Waals surface area contributed by atoms with Gasteiger partial charge in [0.15, 0.2) is 0 Å². The number of nitrogens with one attached hydrogen (secondary N) is 1. The number of rotatable bonds is 4. The Labute approximate surface area is 167 Å². The quantitative estimate of drug-likeness (QED) is 0.723. The second kappa shape index (κ2) is 7.29. The molecule has 0 aliphatic carbocycles. The van der Waals surface area contributed by atoms with Crippen LogP contribution < -0.4 is 5.32 Å². The zero-order valence-electron chi connectivity index (χ0n) is 15.8. The molecule has 8 heteroatoms. The van der Waals surface area contributed by atoms with Crippen LogP contribution >= 0.6 is 0 Å². The zero-order chi connectivity index (χ0) is 19.8. The highest BCUT2D eigenvalue weighted by atomic mass is 16.5. The van der Waals surface area contributed by atoms with Gasteiger partial charge in [-0.2, -0.15) is 0 Å². The van der Waals surface area contributed by atoms with Gasteiger partial charge in [-0.25, -0.2) is 4.98 Å². The van der Waals surface area contributed by atoms with E-state index in [4.69, 9.17) is 4.74 Å². The number of fused-ring (bicyclic) bond motifs is 2. The number of nitrogens with zero attached hydrogens (tertiary/aromatic N) is 4. The van der Waals surface area contributed by atoms with Crippen LogP contribution in [0.5, 0.6) is 0 Å². The Hall–Kier alpha value is -3.26. The van der Waals surface area contributed by atoms with Crippen molar-refractivity contribution in [3.8, 4) is 0 Å². The topological polar surface area (TPSA) is 88.8 Å². The van der Waals surface area contributed by atoms with Gasteiger partial charge in [0.05, 0.1) is 24.5 Å². The van der Waals surface area contributed by atoms with E-state index in [-0.39, 0.29) is 29.8 Å². The largest absolute Gasteiger partial charge is 0.376 e. The Kier molecular flexibility index (Phi) is 4.48. The minimum absolute atomic E-state index is 0.0124. The van der Waals surface area contributed by atoms with Crippen LogP contribution in [0, 0.1) is 11.8 Å². The normalized spacial score (nSPS) is 23.3. The zero-order valence-corrected chi connectivity index (χ0v) is 15.8. The molecule has 2 fully saturated rings. The standard InChI is InChI=1S/C21H21N5O3/c27-20(14-4-3-6-22-8-14)24-9-15-13-29-18-12-25(11-16(15)18)21(28)17-10-23-19-5-1-2-7-26(17)19/h1-8,10,15-16,18H,9,11-13H2,(H,24,27)/t15-,16+,18+/m0/s1. The van der Waals surface area contributed by atoms with Crippen molar-refractivity contribution in [2.45, 2.75) is 6.10 Å². The van der Waals surface area contributed by atoms with Crippen LogP contribution in [0.3, 0.4) is 0 Å². The van der Waals surface area contributed by atoms with E-state index in [1.54, 1.807) is 30.7 Å². The van der Waals surface area contributed by atoms with Crippen molar-refractivity contribution in [1.82, 2.24) is 24.6 Å². The van der Waals surface area contributed by atoms with Crippen LogP contribution in [0.15, 0.2) is 55.1 Å². The number of carbonyl (C=O) groups excluding carboxylic acids is 2. The predicted octanol–water partition coefficient (Wildman–Crippen LogP) is 1.25. The summed E-state index contributed by atoms with van der Waals surface area (Å²) in [6.45, 7) is 2.31. The molecule has 0 bridgehead atoms. The molecule has 2 aliphatic rings. The van der Waals surface area contributed by atoms with Gasteiger partial charge in [0.25, 0.3) is 11.8 Å². The number of amides is 2. The third kappa shape index (κ3) is 3.25. The van der Waals surface area contributed by atoms with Gasteiger partial charge in [0, 0.05) is 50.1 Å². The van der Waals surface area contributed by atoms with Crippen molar-refractivity contribution >= 4 is 17.5 Å². The lowest BCUT2D eigenvalue weighted by molar-refractivity contribution is 0.0669. The molecule has 5 heterocycles. The second-order valence-electron chi connectivity index (χ2n) is 7.53. The molecule has 2 aliphatic heterocycles. The minimum atomic E-state index is -0.141. The van der Waals surface area contributed by atoms with Crippen molar-refractivity contribution in [3.63, 3.8) is 0 Å². The molecule has 3 aromatic heterocycles. The van der Waals surface area contributed by atoms with Crippen LogP contribution in [-0.2, 0) is 4.74 Å². The van der Waals surface area contributed by atoms with Crippen molar-refractivity contribution < 1.29 is 14.3 Å². The van der Waals surface area contributed by atoms with E-state index >= 15 is 0 Å². The van der Waals surface area contributed by atoms with E-state index in [9.17, 15) is 9.59 Å². The lowest BCUT2D eigenvalue weighted by Crippen LogP contribution is -2.35. The van der Waals surface area contributed by atoms with Crippen LogP contribution in [0.25, 0.3) is 5.65 Å². The van der Waals surface area contributed by atoms with Crippen molar-refractivity contribution in [2.24, 2.45) is 11.8 Å². The first kappa shape index (κ1) is 17.8. The van der Waals surface area contributed by atoms with Crippen molar-refractivity contribution in [1.29, 1.82) is 0 Å². The Morgan fingerprint density at radius 2 is 2.10 bits per heavy atom. The molecular weight excluding hydrogens is 370 g/mol. The van der Waals surface area contributed by atoms with Crippen LogP contribution in [0.1, 0.15) is 20.8 Å². The third-order valence-electron chi connectivity index (χ3n) is 5.81. The highest BCUT2D eigenvalue weighted by molar-refractivity contribution is 5.94. The van der Waals surface area contributed by atoms with Gasteiger partial charge in [0.2, 0.25) is 0 Å². The Balaban J connectivity index is 1.24. The number of pyridine rings is 2. The van der Waals surface area contributed by atoms with Gasteiger partial charge in [-0.1, -0.05) is 6.07 Å². The molecule has 0 radical (unpaired) electrons. The molecule has 8 nitrogen and oxygen atoms in total. The molecule has 5 rings (SSSR count). The highest BCUT2D eigenvalue weighted by Crippen LogP contribution is 2.34. The van der Waals surface area contributed by atoms with E-state index in [0.717, 1.165) is 5.65 Å². The smallest absolute Gasteiger partial charge is 0.272 e. The molecule has 0 saturated carbocycles. The molecule has 3 aromatic rings. The van der Waals surface area contributed by atoms with Crippen LogP contribution in [0.2, 0.25) is 0 Å². The molecule has 29 heavy (non-hydrogen) atoms. The van der Waals surface area contributed by atoms with E-state index in [0.29, 0.717) is 37.5 Å². The third-order valence-corrected chi connectivity index (χ3v) is 5.81. The molecule has 148 valence electrons. The summed E-state index contributed by atoms with van der Waals surface area (Å²) in [5.74, 6) is 0.214. The molecule has 1 N–H and O–H groups in total. The maximum atomic E-state index is 13.0. The molecule has 3 atom stereocenters. The summed E-state index contributed by atoms with van der Waals surface area (Å²) in [6, 6.07) is 9.13.